The molecule has 1 amide bonds. The molecule has 0 saturated heterocycles. The van der Waals surface area contributed by atoms with Crippen molar-refractivity contribution in [1.82, 2.24) is 10.3 Å². The zero-order valence-electron chi connectivity index (χ0n) is 11.7. The van der Waals surface area contributed by atoms with Crippen LogP contribution >= 0.6 is 23.4 Å². The van der Waals surface area contributed by atoms with Gasteiger partial charge in [0, 0.05) is 28.8 Å². The molecule has 0 aliphatic rings. The molecular formula is C15H17ClN2O2S. The van der Waals surface area contributed by atoms with Gasteiger partial charge in [-0.2, -0.15) is 11.8 Å². The summed E-state index contributed by atoms with van der Waals surface area (Å²) in [5.74, 6) is 0.524. The third-order valence-corrected chi connectivity index (χ3v) is 4.04. The van der Waals surface area contributed by atoms with E-state index in [0.29, 0.717) is 22.7 Å². The minimum Gasteiger partial charge on any atom is -0.396 e. The summed E-state index contributed by atoms with van der Waals surface area (Å²) in [6.07, 6.45) is 2.50. The predicted molar refractivity (Wildman–Crippen MR) is 88.1 cm³/mol. The quantitative estimate of drug-likeness (QED) is 0.857. The van der Waals surface area contributed by atoms with Gasteiger partial charge in [-0.3, -0.25) is 4.79 Å². The second-order valence-electron chi connectivity index (χ2n) is 4.67. The standard InChI is InChI=1S/C15H17ClN2O2S/c1-21-9-12(6-7-19)17-15(20)13-5-3-10-2-4-11(16)8-14(10)18-13/h2-5,8,12,19H,6-7,9H2,1H3,(H,17,20). The van der Waals surface area contributed by atoms with Crippen LogP contribution in [0.1, 0.15) is 16.9 Å². The van der Waals surface area contributed by atoms with Crippen LogP contribution in [0.3, 0.4) is 0 Å². The lowest BCUT2D eigenvalue weighted by molar-refractivity contribution is 0.0930. The number of halogens is 1. The van der Waals surface area contributed by atoms with Crippen LogP contribution in [0.15, 0.2) is 30.3 Å². The average Bonchev–Trinajstić information content (AvgIpc) is 2.47. The third kappa shape index (κ3) is 4.33. The number of nitrogens with zero attached hydrogens (tertiary/aromatic N) is 1. The van der Waals surface area contributed by atoms with Gasteiger partial charge in [-0.25, -0.2) is 4.98 Å². The minimum atomic E-state index is -0.232. The van der Waals surface area contributed by atoms with Crippen LogP contribution in [0.2, 0.25) is 5.02 Å². The van der Waals surface area contributed by atoms with Crippen molar-refractivity contribution >= 4 is 40.2 Å². The molecule has 2 N–H and O–H groups in total. The zero-order chi connectivity index (χ0) is 15.2. The molecule has 0 saturated carbocycles. The summed E-state index contributed by atoms with van der Waals surface area (Å²) in [6.45, 7) is 0.0479. The van der Waals surface area contributed by atoms with E-state index in [1.807, 2.05) is 18.4 Å². The molecule has 1 aromatic heterocycles. The van der Waals surface area contributed by atoms with Crippen LogP contribution in [0, 0.1) is 0 Å². The number of carbonyl (C=O) groups excluding carboxylic acids is 1. The number of carbonyl (C=O) groups is 1. The van der Waals surface area contributed by atoms with Gasteiger partial charge in [0.1, 0.15) is 5.69 Å². The Balaban J connectivity index is 2.18. The molecule has 1 aromatic carbocycles. The van der Waals surface area contributed by atoms with E-state index < -0.39 is 0 Å². The number of nitrogens with one attached hydrogen (secondary N) is 1. The molecule has 1 unspecified atom stereocenters. The Hall–Kier alpha value is -1.30. The molecule has 0 radical (unpaired) electrons. The van der Waals surface area contributed by atoms with Crippen LogP contribution in [-0.4, -0.2) is 40.7 Å². The molecule has 4 nitrogen and oxygen atoms in total. The van der Waals surface area contributed by atoms with Gasteiger partial charge in [-0.1, -0.05) is 23.7 Å². The summed E-state index contributed by atoms with van der Waals surface area (Å²) in [5, 5.41) is 13.5. The summed E-state index contributed by atoms with van der Waals surface area (Å²) in [7, 11) is 0. The lowest BCUT2D eigenvalue weighted by atomic mass is 10.2. The Morgan fingerprint density at radius 1 is 1.43 bits per heavy atom. The van der Waals surface area contributed by atoms with Crippen LogP contribution in [-0.2, 0) is 0 Å². The molecule has 0 spiro atoms. The average molecular weight is 325 g/mol. The fourth-order valence-electron chi connectivity index (χ4n) is 2.03. The van der Waals surface area contributed by atoms with Crippen molar-refractivity contribution in [2.45, 2.75) is 12.5 Å². The highest BCUT2D eigenvalue weighted by atomic mass is 35.5. The molecule has 21 heavy (non-hydrogen) atoms. The van der Waals surface area contributed by atoms with Crippen molar-refractivity contribution in [3.05, 3.63) is 41.0 Å². The lowest BCUT2D eigenvalue weighted by Crippen LogP contribution is -2.37. The maximum atomic E-state index is 12.2. The summed E-state index contributed by atoms with van der Waals surface area (Å²) < 4.78 is 0. The number of hydrogen-bond donors (Lipinski definition) is 2. The van der Waals surface area contributed by atoms with E-state index in [1.54, 1.807) is 30.0 Å². The molecule has 6 heteroatoms. The van der Waals surface area contributed by atoms with Crippen LogP contribution < -0.4 is 5.32 Å². The van der Waals surface area contributed by atoms with Gasteiger partial charge in [0.15, 0.2) is 0 Å². The van der Waals surface area contributed by atoms with Gasteiger partial charge in [0.2, 0.25) is 0 Å². The van der Waals surface area contributed by atoms with Gasteiger partial charge in [0.25, 0.3) is 5.91 Å². The van der Waals surface area contributed by atoms with Gasteiger partial charge in [-0.15, -0.1) is 0 Å². The fraction of sp³-hybridized carbons (Fsp3) is 0.333. The fourth-order valence-corrected chi connectivity index (χ4v) is 2.85. The zero-order valence-corrected chi connectivity index (χ0v) is 13.2. The van der Waals surface area contributed by atoms with Crippen LogP contribution in [0.25, 0.3) is 10.9 Å². The SMILES string of the molecule is CSCC(CCO)NC(=O)c1ccc2ccc(Cl)cc2n1. The molecule has 2 aromatic rings. The minimum absolute atomic E-state index is 0.0479. The maximum absolute atomic E-state index is 12.2. The van der Waals surface area contributed by atoms with E-state index >= 15 is 0 Å². The first kappa shape index (κ1) is 16.1. The van der Waals surface area contributed by atoms with Crippen molar-refractivity contribution < 1.29 is 9.90 Å². The van der Waals surface area contributed by atoms with E-state index in [0.717, 1.165) is 11.1 Å². The predicted octanol–water partition coefficient (Wildman–Crippen LogP) is 2.73. The third-order valence-electron chi connectivity index (χ3n) is 3.07. The van der Waals surface area contributed by atoms with Crippen molar-refractivity contribution in [1.29, 1.82) is 0 Å². The number of amides is 1. The summed E-state index contributed by atoms with van der Waals surface area (Å²) in [6, 6.07) is 8.88. The number of thioether (sulfide) groups is 1. The molecule has 2 rings (SSSR count). The molecule has 0 aliphatic heterocycles. The number of rotatable bonds is 6. The molecular weight excluding hydrogens is 308 g/mol. The number of fused-ring (bicyclic) bond motifs is 1. The summed E-state index contributed by atoms with van der Waals surface area (Å²) in [5.41, 5.74) is 1.05. The molecule has 0 fully saturated rings. The first-order valence-corrected chi connectivity index (χ1v) is 8.38. The second kappa shape index (κ2) is 7.64. The molecule has 1 heterocycles. The largest absolute Gasteiger partial charge is 0.396 e. The van der Waals surface area contributed by atoms with Crippen LogP contribution in [0.4, 0.5) is 0 Å². The molecule has 1 atom stereocenters. The Kier molecular flexibility index (Phi) is 5.85. The number of aliphatic hydroxyl groups is 1. The highest BCUT2D eigenvalue weighted by molar-refractivity contribution is 7.98. The lowest BCUT2D eigenvalue weighted by Gasteiger charge is -2.16. The van der Waals surface area contributed by atoms with Crippen molar-refractivity contribution in [3.63, 3.8) is 0 Å². The smallest absolute Gasteiger partial charge is 0.270 e. The van der Waals surface area contributed by atoms with Crippen molar-refractivity contribution in [2.75, 3.05) is 18.6 Å². The summed E-state index contributed by atoms with van der Waals surface area (Å²) in [4.78, 5) is 16.6. The topological polar surface area (TPSA) is 62.2 Å². The molecule has 0 aliphatic carbocycles. The summed E-state index contributed by atoms with van der Waals surface area (Å²) >= 11 is 7.57. The number of aromatic nitrogens is 1. The van der Waals surface area contributed by atoms with Gasteiger partial charge in [0.05, 0.1) is 5.52 Å². The Bertz CT molecular complexity index is 630. The van der Waals surface area contributed by atoms with E-state index in [1.165, 1.54) is 0 Å². The van der Waals surface area contributed by atoms with E-state index in [-0.39, 0.29) is 18.6 Å². The van der Waals surface area contributed by atoms with Gasteiger partial charge < -0.3 is 10.4 Å². The number of hydrogen-bond acceptors (Lipinski definition) is 4. The highest BCUT2D eigenvalue weighted by Crippen LogP contribution is 2.18. The Morgan fingerprint density at radius 2 is 2.19 bits per heavy atom. The first-order chi connectivity index (χ1) is 10.1. The van der Waals surface area contributed by atoms with Gasteiger partial charge >= 0.3 is 0 Å². The number of benzene rings is 1. The van der Waals surface area contributed by atoms with Gasteiger partial charge in [-0.05, 0) is 30.9 Å². The van der Waals surface area contributed by atoms with Crippen molar-refractivity contribution in [3.8, 4) is 0 Å². The van der Waals surface area contributed by atoms with E-state index in [9.17, 15) is 4.79 Å². The first-order valence-electron chi connectivity index (χ1n) is 6.61. The van der Waals surface area contributed by atoms with Crippen LogP contribution in [0.5, 0.6) is 0 Å². The van der Waals surface area contributed by atoms with E-state index in [4.69, 9.17) is 16.7 Å². The maximum Gasteiger partial charge on any atom is 0.270 e. The Morgan fingerprint density at radius 3 is 2.90 bits per heavy atom. The number of pyridine rings is 1. The number of aliphatic hydroxyl groups excluding tert-OH is 1. The normalized spacial score (nSPS) is 12.3. The Labute approximate surface area is 132 Å². The van der Waals surface area contributed by atoms with E-state index in [2.05, 4.69) is 10.3 Å². The molecule has 112 valence electrons. The highest BCUT2D eigenvalue weighted by Gasteiger charge is 2.14. The van der Waals surface area contributed by atoms with Crippen molar-refractivity contribution in [2.24, 2.45) is 0 Å². The monoisotopic (exact) mass is 324 g/mol. The second-order valence-corrected chi connectivity index (χ2v) is 6.02. The molecule has 0 bridgehead atoms.